The number of carbonyl (C=O) groups is 1. The van der Waals surface area contributed by atoms with E-state index in [1.54, 1.807) is 11.3 Å². The van der Waals surface area contributed by atoms with E-state index < -0.39 is 0 Å². The third kappa shape index (κ3) is 4.00. The van der Waals surface area contributed by atoms with E-state index in [9.17, 15) is 4.79 Å². The SMILES string of the molecule is Cc1ccc(C(=O)NC2CCN(c3nc4c(s3)c(C)nn4-c3cccc(C)c3)CC2)cc1. The van der Waals surface area contributed by atoms with Crippen molar-refractivity contribution in [1.82, 2.24) is 20.1 Å². The van der Waals surface area contributed by atoms with Gasteiger partial charge in [0.1, 0.15) is 0 Å². The first-order valence-electron chi connectivity index (χ1n) is 11.0. The van der Waals surface area contributed by atoms with Gasteiger partial charge in [0, 0.05) is 24.7 Å². The lowest BCUT2D eigenvalue weighted by atomic mass is 10.0. The summed E-state index contributed by atoms with van der Waals surface area (Å²) in [5.41, 5.74) is 6.05. The van der Waals surface area contributed by atoms with Crippen molar-refractivity contribution in [3.8, 4) is 5.69 Å². The smallest absolute Gasteiger partial charge is 0.251 e. The van der Waals surface area contributed by atoms with Crippen molar-refractivity contribution in [2.24, 2.45) is 0 Å². The Kier molecular flexibility index (Phi) is 5.43. The number of anilines is 1. The average molecular weight is 446 g/mol. The fourth-order valence-corrected chi connectivity index (χ4v) is 5.23. The third-order valence-corrected chi connectivity index (χ3v) is 7.25. The maximum absolute atomic E-state index is 12.5. The normalized spacial score (nSPS) is 14.8. The summed E-state index contributed by atoms with van der Waals surface area (Å²) in [5.74, 6) is 0.0114. The topological polar surface area (TPSA) is 63.1 Å². The molecule has 0 aliphatic carbocycles. The number of carbonyl (C=O) groups excluding carboxylic acids is 1. The number of piperidine rings is 1. The molecule has 0 unspecified atom stereocenters. The zero-order valence-electron chi connectivity index (χ0n) is 18.6. The second-order valence-corrected chi connectivity index (χ2v) is 9.56. The van der Waals surface area contributed by atoms with Crippen LogP contribution < -0.4 is 10.2 Å². The monoisotopic (exact) mass is 445 g/mol. The van der Waals surface area contributed by atoms with Crippen LogP contribution in [0.25, 0.3) is 16.0 Å². The van der Waals surface area contributed by atoms with Gasteiger partial charge < -0.3 is 10.2 Å². The molecule has 1 saturated heterocycles. The Morgan fingerprint density at radius 1 is 1.03 bits per heavy atom. The van der Waals surface area contributed by atoms with Crippen LogP contribution in [-0.2, 0) is 0 Å². The van der Waals surface area contributed by atoms with Crippen LogP contribution in [0.1, 0.15) is 40.0 Å². The summed E-state index contributed by atoms with van der Waals surface area (Å²) in [4.78, 5) is 19.8. The fraction of sp³-hybridized carbons (Fsp3) is 0.320. The zero-order chi connectivity index (χ0) is 22.2. The molecule has 0 bridgehead atoms. The summed E-state index contributed by atoms with van der Waals surface area (Å²) >= 11 is 1.71. The summed E-state index contributed by atoms with van der Waals surface area (Å²) < 4.78 is 3.09. The molecule has 0 atom stereocenters. The number of benzene rings is 2. The number of amides is 1. The van der Waals surface area contributed by atoms with Gasteiger partial charge in [-0.15, -0.1) is 0 Å². The van der Waals surface area contributed by atoms with Crippen molar-refractivity contribution in [3.63, 3.8) is 0 Å². The molecule has 5 rings (SSSR count). The number of aryl methyl sites for hydroxylation is 3. The molecule has 1 aliphatic rings. The first-order chi connectivity index (χ1) is 15.5. The van der Waals surface area contributed by atoms with E-state index in [2.05, 4.69) is 41.4 Å². The minimum absolute atomic E-state index is 0.0114. The molecule has 4 aromatic rings. The van der Waals surface area contributed by atoms with Crippen molar-refractivity contribution < 1.29 is 4.79 Å². The van der Waals surface area contributed by atoms with Crippen LogP contribution in [0.4, 0.5) is 5.13 Å². The van der Waals surface area contributed by atoms with Crippen molar-refractivity contribution in [2.75, 3.05) is 18.0 Å². The second kappa shape index (κ2) is 8.39. The first kappa shape index (κ1) is 20.7. The van der Waals surface area contributed by atoms with Crippen LogP contribution in [-0.4, -0.2) is 39.8 Å². The maximum atomic E-state index is 12.5. The Morgan fingerprint density at radius 3 is 2.50 bits per heavy atom. The number of nitrogens with one attached hydrogen (secondary N) is 1. The molecular weight excluding hydrogens is 418 g/mol. The molecule has 0 radical (unpaired) electrons. The fourth-order valence-electron chi connectivity index (χ4n) is 4.19. The molecule has 1 aliphatic heterocycles. The van der Waals surface area contributed by atoms with Crippen molar-refractivity contribution in [3.05, 3.63) is 70.9 Å². The molecule has 0 saturated carbocycles. The number of rotatable bonds is 4. The zero-order valence-corrected chi connectivity index (χ0v) is 19.4. The van der Waals surface area contributed by atoms with Gasteiger partial charge in [-0.3, -0.25) is 4.79 Å². The van der Waals surface area contributed by atoms with E-state index in [-0.39, 0.29) is 11.9 Å². The summed E-state index contributed by atoms with van der Waals surface area (Å²) in [6, 6.07) is 16.3. The van der Waals surface area contributed by atoms with Gasteiger partial charge in [-0.2, -0.15) is 10.1 Å². The maximum Gasteiger partial charge on any atom is 0.251 e. The summed E-state index contributed by atoms with van der Waals surface area (Å²) in [6.45, 7) is 7.92. The third-order valence-electron chi connectivity index (χ3n) is 6.04. The molecule has 1 fully saturated rings. The lowest BCUT2D eigenvalue weighted by Crippen LogP contribution is -2.44. The van der Waals surface area contributed by atoms with E-state index in [4.69, 9.17) is 10.1 Å². The van der Waals surface area contributed by atoms with Crippen molar-refractivity contribution in [2.45, 2.75) is 39.7 Å². The molecule has 2 aromatic carbocycles. The molecule has 1 N–H and O–H groups in total. The van der Waals surface area contributed by atoms with Crippen LogP contribution in [0.2, 0.25) is 0 Å². The summed E-state index contributed by atoms with van der Waals surface area (Å²) in [7, 11) is 0. The Hall–Kier alpha value is -3.19. The molecule has 2 aromatic heterocycles. The highest BCUT2D eigenvalue weighted by Crippen LogP contribution is 2.33. The second-order valence-electron chi connectivity index (χ2n) is 8.59. The Bertz CT molecular complexity index is 1270. The van der Waals surface area contributed by atoms with Crippen molar-refractivity contribution >= 4 is 32.7 Å². The van der Waals surface area contributed by atoms with E-state index >= 15 is 0 Å². The first-order valence-corrected chi connectivity index (χ1v) is 11.9. The number of nitrogens with zero attached hydrogens (tertiary/aromatic N) is 4. The lowest BCUT2D eigenvalue weighted by Gasteiger charge is -2.32. The van der Waals surface area contributed by atoms with E-state index in [1.807, 2.05) is 42.8 Å². The van der Waals surface area contributed by atoms with E-state index in [1.165, 1.54) is 5.56 Å². The Morgan fingerprint density at radius 2 is 1.78 bits per heavy atom. The van der Waals surface area contributed by atoms with Gasteiger partial charge in [-0.25, -0.2) is 4.68 Å². The number of aromatic nitrogens is 3. The predicted molar refractivity (Wildman–Crippen MR) is 130 cm³/mol. The van der Waals surface area contributed by atoms with E-state index in [0.717, 1.165) is 63.9 Å². The number of thiazole rings is 1. The van der Waals surface area contributed by atoms with Crippen LogP contribution in [0.3, 0.4) is 0 Å². The van der Waals surface area contributed by atoms with Gasteiger partial charge in [0.15, 0.2) is 10.8 Å². The predicted octanol–water partition coefficient (Wildman–Crippen LogP) is 4.81. The van der Waals surface area contributed by atoms with Gasteiger partial charge in [0.25, 0.3) is 5.91 Å². The van der Waals surface area contributed by atoms with Crippen LogP contribution in [0.5, 0.6) is 0 Å². The number of hydrogen-bond donors (Lipinski definition) is 1. The number of fused-ring (bicyclic) bond motifs is 1. The standard InChI is InChI=1S/C25H27N5OS/c1-16-7-9-19(10-8-16)24(31)26-20-11-13-29(14-12-20)25-27-23-22(32-25)18(3)28-30(23)21-6-4-5-17(2)15-21/h4-10,15,20H,11-14H2,1-3H3,(H,26,31). The molecule has 1 amide bonds. The molecular formula is C25H27N5OS. The van der Waals surface area contributed by atoms with Gasteiger partial charge >= 0.3 is 0 Å². The van der Waals surface area contributed by atoms with Crippen LogP contribution in [0.15, 0.2) is 48.5 Å². The Balaban J connectivity index is 1.28. The Labute approximate surface area is 191 Å². The highest BCUT2D eigenvalue weighted by molar-refractivity contribution is 7.22. The van der Waals surface area contributed by atoms with Gasteiger partial charge in [-0.05, 0) is 63.4 Å². The molecule has 164 valence electrons. The lowest BCUT2D eigenvalue weighted by molar-refractivity contribution is 0.0931. The molecule has 3 heterocycles. The van der Waals surface area contributed by atoms with Gasteiger partial charge in [-0.1, -0.05) is 41.2 Å². The highest BCUT2D eigenvalue weighted by Gasteiger charge is 2.25. The average Bonchev–Trinajstić information content (AvgIpc) is 3.35. The minimum atomic E-state index is 0.0114. The van der Waals surface area contributed by atoms with Crippen LogP contribution >= 0.6 is 11.3 Å². The van der Waals surface area contributed by atoms with Crippen LogP contribution in [0, 0.1) is 20.8 Å². The highest BCUT2D eigenvalue weighted by atomic mass is 32.1. The largest absolute Gasteiger partial charge is 0.349 e. The van der Waals surface area contributed by atoms with Crippen molar-refractivity contribution in [1.29, 1.82) is 0 Å². The van der Waals surface area contributed by atoms with Gasteiger partial charge in [0.2, 0.25) is 0 Å². The molecule has 32 heavy (non-hydrogen) atoms. The van der Waals surface area contributed by atoms with E-state index in [0.29, 0.717) is 0 Å². The van der Waals surface area contributed by atoms with Gasteiger partial charge in [0.05, 0.1) is 16.1 Å². The summed E-state index contributed by atoms with van der Waals surface area (Å²) in [5, 5.41) is 8.95. The summed E-state index contributed by atoms with van der Waals surface area (Å²) in [6.07, 6.45) is 1.83. The quantitative estimate of drug-likeness (QED) is 0.490. The molecule has 0 spiro atoms. The number of hydrogen-bond acceptors (Lipinski definition) is 5. The molecule has 6 nitrogen and oxygen atoms in total. The molecule has 7 heteroatoms. The minimum Gasteiger partial charge on any atom is -0.349 e.